The summed E-state index contributed by atoms with van der Waals surface area (Å²) in [5, 5.41) is 21.2. The Balaban J connectivity index is 0.000000290. The van der Waals surface area contributed by atoms with E-state index < -0.39 is 29.2 Å². The second-order valence-corrected chi connectivity index (χ2v) is 5.73. The van der Waals surface area contributed by atoms with E-state index in [2.05, 4.69) is 10.1 Å². The third-order valence-corrected chi connectivity index (χ3v) is 3.83. The Morgan fingerprint density at radius 1 is 1.50 bits per heavy atom. The van der Waals surface area contributed by atoms with Gasteiger partial charge in [0.15, 0.2) is 5.82 Å². The maximum absolute atomic E-state index is 13.8. The molecular formula is C15H17F4N5O2. The van der Waals surface area contributed by atoms with Crippen LogP contribution in [0, 0.1) is 17.1 Å². The van der Waals surface area contributed by atoms with Crippen LogP contribution >= 0.6 is 0 Å². The summed E-state index contributed by atoms with van der Waals surface area (Å²) in [5.74, 6) is -3.47. The van der Waals surface area contributed by atoms with E-state index in [9.17, 15) is 17.6 Å². The van der Waals surface area contributed by atoms with Crippen molar-refractivity contribution in [1.29, 1.82) is 5.26 Å². The van der Waals surface area contributed by atoms with Crippen LogP contribution in [0.4, 0.5) is 23.5 Å². The fourth-order valence-electron chi connectivity index (χ4n) is 2.43. The van der Waals surface area contributed by atoms with Crippen LogP contribution in [0.5, 0.6) is 0 Å². The molecule has 1 aliphatic heterocycles. The summed E-state index contributed by atoms with van der Waals surface area (Å²) in [7, 11) is 0. The van der Waals surface area contributed by atoms with Crippen LogP contribution in [0.2, 0.25) is 0 Å². The number of fused-ring (bicyclic) bond motifs is 1. The van der Waals surface area contributed by atoms with Gasteiger partial charge in [0.05, 0.1) is 30.5 Å². The van der Waals surface area contributed by atoms with E-state index in [-0.39, 0.29) is 17.6 Å². The first-order chi connectivity index (χ1) is 12.2. The number of halogens is 4. The van der Waals surface area contributed by atoms with E-state index in [1.54, 1.807) is 0 Å². The van der Waals surface area contributed by atoms with E-state index in [1.807, 2.05) is 0 Å². The molecule has 0 bridgehead atoms. The van der Waals surface area contributed by atoms with Gasteiger partial charge in [0.2, 0.25) is 5.95 Å². The molecule has 142 valence electrons. The van der Waals surface area contributed by atoms with Crippen LogP contribution < -0.4 is 5.73 Å². The molecule has 1 fully saturated rings. The zero-order chi connectivity index (χ0) is 19.5. The minimum absolute atomic E-state index is 0.186. The van der Waals surface area contributed by atoms with Gasteiger partial charge in [0, 0.05) is 6.61 Å². The number of aromatic nitrogens is 3. The molecule has 2 aromatic heterocycles. The first kappa shape index (κ1) is 19.9. The van der Waals surface area contributed by atoms with Gasteiger partial charge in [-0.05, 0) is 19.8 Å². The van der Waals surface area contributed by atoms with Crippen molar-refractivity contribution in [3.05, 3.63) is 23.3 Å². The Bertz CT molecular complexity index is 809. The molecule has 0 radical (unpaired) electrons. The van der Waals surface area contributed by atoms with Crippen molar-refractivity contribution in [1.82, 2.24) is 14.6 Å². The van der Waals surface area contributed by atoms with Crippen molar-refractivity contribution in [2.45, 2.75) is 38.0 Å². The molecule has 7 nitrogen and oxygen atoms in total. The molecule has 0 amide bonds. The summed E-state index contributed by atoms with van der Waals surface area (Å²) in [6.07, 6.45) is -1.95. The highest BCUT2D eigenvalue weighted by Gasteiger charge is 2.41. The number of nitrogens with zero attached hydrogens (tertiary/aromatic N) is 4. The Labute approximate surface area is 146 Å². The number of alkyl halides is 3. The average Bonchev–Trinajstić information content (AvgIpc) is 2.85. The lowest BCUT2D eigenvalue weighted by Crippen LogP contribution is -2.21. The fraction of sp³-hybridized carbons (Fsp3) is 0.533. The second kappa shape index (κ2) is 7.84. The molecule has 2 atom stereocenters. The summed E-state index contributed by atoms with van der Waals surface area (Å²) in [5.41, 5.74) is 3.66. The smallest absolute Gasteiger partial charge is 0.391 e. The molecule has 3 rings (SSSR count). The predicted molar refractivity (Wildman–Crippen MR) is 82.6 cm³/mol. The molecule has 1 aliphatic rings. The molecule has 0 aromatic carbocycles. The van der Waals surface area contributed by atoms with Gasteiger partial charge in [-0.3, -0.25) is 0 Å². The zero-order valence-electron chi connectivity index (χ0n) is 13.8. The molecule has 26 heavy (non-hydrogen) atoms. The maximum Gasteiger partial charge on any atom is 0.397 e. The number of hydrogen-bond acceptors (Lipinski definition) is 6. The summed E-state index contributed by atoms with van der Waals surface area (Å²) >= 11 is 0. The molecule has 11 heteroatoms. The molecule has 2 aromatic rings. The third kappa shape index (κ3) is 4.20. The number of nitrogen functional groups attached to an aromatic ring is 1. The molecule has 1 saturated heterocycles. The number of nitriles is 1. The van der Waals surface area contributed by atoms with Gasteiger partial charge in [0.1, 0.15) is 17.1 Å². The van der Waals surface area contributed by atoms with Crippen LogP contribution in [0.3, 0.4) is 0 Å². The summed E-state index contributed by atoms with van der Waals surface area (Å²) in [6.45, 7) is 2.19. The van der Waals surface area contributed by atoms with Crippen molar-refractivity contribution < 1.29 is 27.4 Å². The molecule has 3 N–H and O–H groups in total. The Morgan fingerprint density at radius 3 is 2.65 bits per heavy atom. The Morgan fingerprint density at radius 2 is 2.19 bits per heavy atom. The predicted octanol–water partition coefficient (Wildman–Crippen LogP) is 2.15. The average molecular weight is 375 g/mol. The quantitative estimate of drug-likeness (QED) is 0.739. The molecule has 2 unspecified atom stereocenters. The lowest BCUT2D eigenvalue weighted by atomic mass is 10.0. The minimum atomic E-state index is -4.63. The second-order valence-electron chi connectivity index (χ2n) is 5.73. The van der Waals surface area contributed by atoms with Gasteiger partial charge in [-0.15, -0.1) is 5.10 Å². The monoisotopic (exact) mass is 375 g/mol. The summed E-state index contributed by atoms with van der Waals surface area (Å²) in [6, 6.07) is 1.42. The normalized spacial score (nSPS) is 18.7. The number of aliphatic hydroxyl groups excluding tert-OH is 1. The molecule has 0 aliphatic carbocycles. The van der Waals surface area contributed by atoms with Crippen LogP contribution in [0.25, 0.3) is 5.52 Å². The van der Waals surface area contributed by atoms with Gasteiger partial charge in [-0.25, -0.2) is 13.9 Å². The van der Waals surface area contributed by atoms with Crippen LogP contribution in [-0.2, 0) is 4.74 Å². The van der Waals surface area contributed by atoms with E-state index in [1.165, 1.54) is 6.07 Å². The first-order valence-electron chi connectivity index (χ1n) is 7.72. The number of ether oxygens (including phenoxy) is 1. The SMILES string of the molecule is CC(c1c(C#N)c(F)c2cnc(N)nn12)C(F)(F)F.OC1CCCOC1. The zero-order valence-corrected chi connectivity index (χ0v) is 13.8. The third-order valence-electron chi connectivity index (χ3n) is 3.83. The van der Waals surface area contributed by atoms with Crippen LogP contribution in [0.1, 0.15) is 36.9 Å². The minimum Gasteiger partial charge on any atom is -0.391 e. The molecular weight excluding hydrogens is 358 g/mol. The maximum atomic E-state index is 13.8. The van der Waals surface area contributed by atoms with Gasteiger partial charge < -0.3 is 15.6 Å². The van der Waals surface area contributed by atoms with Gasteiger partial charge in [0.25, 0.3) is 0 Å². The molecule has 0 saturated carbocycles. The fourth-order valence-corrected chi connectivity index (χ4v) is 2.43. The van der Waals surface area contributed by atoms with Crippen molar-refractivity contribution in [2.24, 2.45) is 0 Å². The standard InChI is InChI=1S/C10H7F4N5.C5H10O2/c1-4(10(12,13)14)8-5(2-15)7(11)6-3-17-9(16)18-19(6)8;6-5-2-1-3-7-4-5/h3-4H,1H3,(H2,16,18);5-6H,1-4H2. The highest BCUT2D eigenvalue weighted by Crippen LogP contribution is 2.37. The van der Waals surface area contributed by atoms with Gasteiger partial charge in [-0.2, -0.15) is 18.4 Å². The largest absolute Gasteiger partial charge is 0.397 e. The molecule has 3 heterocycles. The van der Waals surface area contributed by atoms with Crippen molar-refractivity contribution >= 4 is 11.5 Å². The lowest BCUT2D eigenvalue weighted by Gasteiger charge is -2.15. The van der Waals surface area contributed by atoms with E-state index >= 15 is 0 Å². The number of nitrogens with two attached hydrogens (primary N) is 1. The Kier molecular flexibility index (Phi) is 5.99. The van der Waals surface area contributed by atoms with Crippen molar-refractivity contribution in [2.75, 3.05) is 18.9 Å². The van der Waals surface area contributed by atoms with E-state index in [0.717, 1.165) is 32.6 Å². The van der Waals surface area contributed by atoms with Crippen molar-refractivity contribution in [3.8, 4) is 6.07 Å². The van der Waals surface area contributed by atoms with Crippen LogP contribution in [-0.4, -0.2) is 45.2 Å². The number of anilines is 1. The highest BCUT2D eigenvalue weighted by molar-refractivity contribution is 5.58. The topological polar surface area (TPSA) is 109 Å². The van der Waals surface area contributed by atoms with Crippen LogP contribution in [0.15, 0.2) is 6.20 Å². The van der Waals surface area contributed by atoms with E-state index in [0.29, 0.717) is 11.1 Å². The molecule has 0 spiro atoms. The number of hydrogen-bond donors (Lipinski definition) is 2. The highest BCUT2D eigenvalue weighted by atomic mass is 19.4. The first-order valence-corrected chi connectivity index (χ1v) is 7.72. The Hall–Kier alpha value is -2.45. The van der Waals surface area contributed by atoms with Gasteiger partial charge >= 0.3 is 6.18 Å². The van der Waals surface area contributed by atoms with Gasteiger partial charge in [-0.1, -0.05) is 0 Å². The number of aliphatic hydroxyl groups is 1. The summed E-state index contributed by atoms with van der Waals surface area (Å²) < 4.78 is 57.8. The summed E-state index contributed by atoms with van der Waals surface area (Å²) in [4.78, 5) is 3.49. The lowest BCUT2D eigenvalue weighted by molar-refractivity contribution is -0.147. The number of rotatable bonds is 1. The van der Waals surface area contributed by atoms with Crippen molar-refractivity contribution in [3.63, 3.8) is 0 Å². The van der Waals surface area contributed by atoms with E-state index in [4.69, 9.17) is 20.8 Å².